The van der Waals surface area contributed by atoms with Crippen LogP contribution in [0.3, 0.4) is 0 Å². The first kappa shape index (κ1) is 5.35. The fourth-order valence-electron chi connectivity index (χ4n) is 1.24. The summed E-state index contributed by atoms with van der Waals surface area (Å²) in [6, 6.07) is 0. The zero-order chi connectivity index (χ0) is 6.43. The lowest BCUT2D eigenvalue weighted by atomic mass is 10.3. The molecular formula is C6H6O2S. The molecule has 0 aromatic heterocycles. The summed E-state index contributed by atoms with van der Waals surface area (Å²) in [4.78, 5) is 10.3. The van der Waals surface area contributed by atoms with Crippen LogP contribution in [0, 0.1) is 11.8 Å². The SMILES string of the molecule is O=C(O)[C@@H]1[C@@H]2C=CS[C@H]21. The van der Waals surface area contributed by atoms with E-state index in [0.717, 1.165) is 0 Å². The molecule has 0 amide bonds. The Morgan fingerprint density at radius 2 is 2.44 bits per heavy atom. The second-order valence-electron chi connectivity index (χ2n) is 2.37. The Bertz CT molecular complexity index is 187. The van der Waals surface area contributed by atoms with Crippen molar-refractivity contribution in [2.75, 3.05) is 0 Å². The van der Waals surface area contributed by atoms with Gasteiger partial charge in [-0.2, -0.15) is 0 Å². The third-order valence-electron chi connectivity index (χ3n) is 1.83. The Labute approximate surface area is 56.9 Å². The summed E-state index contributed by atoms with van der Waals surface area (Å²) >= 11 is 1.65. The number of hydrogen-bond donors (Lipinski definition) is 1. The van der Waals surface area contributed by atoms with Crippen LogP contribution in [0.4, 0.5) is 0 Å². The topological polar surface area (TPSA) is 37.3 Å². The maximum Gasteiger partial charge on any atom is 0.308 e. The molecule has 1 N–H and O–H groups in total. The molecule has 0 spiro atoms. The van der Waals surface area contributed by atoms with E-state index >= 15 is 0 Å². The monoisotopic (exact) mass is 142 g/mol. The Kier molecular flexibility index (Phi) is 0.913. The van der Waals surface area contributed by atoms with Gasteiger partial charge in [-0.1, -0.05) is 6.08 Å². The molecule has 0 aromatic rings. The van der Waals surface area contributed by atoms with E-state index in [1.807, 2.05) is 11.5 Å². The van der Waals surface area contributed by atoms with Crippen LogP contribution in [-0.4, -0.2) is 16.3 Å². The molecule has 3 atom stereocenters. The van der Waals surface area contributed by atoms with Gasteiger partial charge in [0.2, 0.25) is 0 Å². The van der Waals surface area contributed by atoms with E-state index in [-0.39, 0.29) is 5.92 Å². The fourth-order valence-corrected chi connectivity index (χ4v) is 2.51. The van der Waals surface area contributed by atoms with Gasteiger partial charge in [0.25, 0.3) is 0 Å². The van der Waals surface area contributed by atoms with Crippen LogP contribution in [0.25, 0.3) is 0 Å². The van der Waals surface area contributed by atoms with E-state index in [4.69, 9.17) is 5.11 Å². The van der Waals surface area contributed by atoms with Crippen LogP contribution in [0.5, 0.6) is 0 Å². The molecule has 0 aromatic carbocycles. The normalized spacial score (nSPS) is 44.7. The van der Waals surface area contributed by atoms with E-state index < -0.39 is 5.97 Å². The minimum Gasteiger partial charge on any atom is -0.481 e. The van der Waals surface area contributed by atoms with Crippen molar-refractivity contribution in [3.05, 3.63) is 11.5 Å². The molecule has 1 heterocycles. The van der Waals surface area contributed by atoms with Gasteiger partial charge in [-0.25, -0.2) is 0 Å². The maximum atomic E-state index is 10.3. The first-order chi connectivity index (χ1) is 4.30. The molecular weight excluding hydrogens is 136 g/mol. The van der Waals surface area contributed by atoms with Gasteiger partial charge >= 0.3 is 5.97 Å². The number of aliphatic carboxylic acids is 1. The minimum atomic E-state index is -0.637. The highest BCUT2D eigenvalue weighted by Crippen LogP contribution is 2.54. The molecule has 2 aliphatic rings. The van der Waals surface area contributed by atoms with Crippen LogP contribution in [0.2, 0.25) is 0 Å². The molecule has 48 valence electrons. The van der Waals surface area contributed by atoms with Crippen LogP contribution in [0.1, 0.15) is 0 Å². The number of carboxylic acid groups (broad SMARTS) is 1. The van der Waals surface area contributed by atoms with Crippen molar-refractivity contribution in [1.82, 2.24) is 0 Å². The number of thioether (sulfide) groups is 1. The predicted octanol–water partition coefficient (Wildman–Crippen LogP) is 0.946. The molecule has 1 aliphatic carbocycles. The first-order valence-corrected chi connectivity index (χ1v) is 3.80. The smallest absolute Gasteiger partial charge is 0.308 e. The summed E-state index contributed by atoms with van der Waals surface area (Å²) in [5.41, 5.74) is 0. The van der Waals surface area contributed by atoms with Crippen molar-refractivity contribution in [3.8, 4) is 0 Å². The van der Waals surface area contributed by atoms with Crippen LogP contribution in [-0.2, 0) is 4.79 Å². The van der Waals surface area contributed by atoms with E-state index in [1.165, 1.54) is 0 Å². The van der Waals surface area contributed by atoms with E-state index in [1.54, 1.807) is 11.8 Å². The van der Waals surface area contributed by atoms with Crippen LogP contribution >= 0.6 is 11.8 Å². The number of hydrogen-bond acceptors (Lipinski definition) is 2. The lowest BCUT2D eigenvalue weighted by molar-refractivity contribution is -0.138. The van der Waals surface area contributed by atoms with Crippen molar-refractivity contribution >= 4 is 17.7 Å². The third kappa shape index (κ3) is 0.611. The molecule has 2 nitrogen and oxygen atoms in total. The average molecular weight is 142 g/mol. The Morgan fingerprint density at radius 1 is 1.67 bits per heavy atom. The van der Waals surface area contributed by atoms with E-state index in [9.17, 15) is 4.79 Å². The number of carboxylic acids is 1. The number of fused-ring (bicyclic) bond motifs is 1. The number of carbonyl (C=O) groups is 1. The molecule has 1 saturated carbocycles. The highest BCUT2D eigenvalue weighted by Gasteiger charge is 2.55. The van der Waals surface area contributed by atoms with Crippen LogP contribution in [0.15, 0.2) is 11.5 Å². The maximum absolute atomic E-state index is 10.3. The Hall–Kier alpha value is -0.440. The van der Waals surface area contributed by atoms with Crippen molar-refractivity contribution < 1.29 is 9.90 Å². The third-order valence-corrected chi connectivity index (χ3v) is 3.06. The van der Waals surface area contributed by atoms with E-state index in [2.05, 4.69) is 0 Å². The molecule has 0 radical (unpaired) electrons. The summed E-state index contributed by atoms with van der Waals surface area (Å²) in [6.45, 7) is 0. The molecule has 3 heteroatoms. The standard InChI is InChI=1S/C6H6O2S/c7-6(8)4-3-1-2-9-5(3)4/h1-5H,(H,7,8)/t3-,4+,5+/m0/s1. The second-order valence-corrected chi connectivity index (χ2v) is 3.46. The molecule has 9 heavy (non-hydrogen) atoms. The van der Waals surface area contributed by atoms with Crippen molar-refractivity contribution in [1.29, 1.82) is 0 Å². The van der Waals surface area contributed by atoms with Crippen LogP contribution < -0.4 is 0 Å². The molecule has 1 aliphatic heterocycles. The van der Waals surface area contributed by atoms with Crippen molar-refractivity contribution in [2.24, 2.45) is 11.8 Å². The number of rotatable bonds is 1. The Balaban J connectivity index is 2.10. The van der Waals surface area contributed by atoms with Gasteiger partial charge in [0.1, 0.15) is 0 Å². The lowest BCUT2D eigenvalue weighted by Gasteiger charge is -1.87. The second kappa shape index (κ2) is 1.53. The summed E-state index contributed by atoms with van der Waals surface area (Å²) in [5, 5.41) is 10.9. The van der Waals surface area contributed by atoms with Crippen molar-refractivity contribution in [3.63, 3.8) is 0 Å². The lowest BCUT2D eigenvalue weighted by Crippen LogP contribution is -2.01. The predicted molar refractivity (Wildman–Crippen MR) is 35.1 cm³/mol. The van der Waals surface area contributed by atoms with Crippen molar-refractivity contribution in [2.45, 2.75) is 5.25 Å². The summed E-state index contributed by atoms with van der Waals surface area (Å²) in [5.74, 6) is -0.352. The zero-order valence-corrected chi connectivity index (χ0v) is 5.47. The average Bonchev–Trinajstić information content (AvgIpc) is 2.30. The van der Waals surface area contributed by atoms with Gasteiger partial charge < -0.3 is 5.11 Å². The highest BCUT2D eigenvalue weighted by molar-refractivity contribution is 8.03. The van der Waals surface area contributed by atoms with Gasteiger partial charge in [0.15, 0.2) is 0 Å². The largest absolute Gasteiger partial charge is 0.481 e. The van der Waals surface area contributed by atoms with Gasteiger partial charge in [0.05, 0.1) is 5.92 Å². The van der Waals surface area contributed by atoms with Gasteiger partial charge in [-0.15, -0.1) is 11.8 Å². The van der Waals surface area contributed by atoms with Gasteiger partial charge in [-0.05, 0) is 5.41 Å². The molecule has 0 bridgehead atoms. The fraction of sp³-hybridized carbons (Fsp3) is 0.500. The highest BCUT2D eigenvalue weighted by atomic mass is 32.2. The first-order valence-electron chi connectivity index (χ1n) is 2.85. The molecule has 2 rings (SSSR count). The van der Waals surface area contributed by atoms with Gasteiger partial charge in [-0.3, -0.25) is 4.79 Å². The Morgan fingerprint density at radius 3 is 2.78 bits per heavy atom. The zero-order valence-electron chi connectivity index (χ0n) is 4.65. The summed E-state index contributed by atoms with van der Waals surface area (Å²) in [7, 11) is 0. The summed E-state index contributed by atoms with van der Waals surface area (Å²) < 4.78 is 0. The minimum absolute atomic E-state index is 0.0694. The molecule has 0 unspecified atom stereocenters. The molecule has 1 fully saturated rings. The summed E-state index contributed by atoms with van der Waals surface area (Å²) in [6.07, 6.45) is 1.99. The quantitative estimate of drug-likeness (QED) is 0.592. The van der Waals surface area contributed by atoms with Gasteiger partial charge in [0, 0.05) is 11.2 Å². The number of allylic oxidation sites excluding steroid dienone is 1. The molecule has 0 saturated heterocycles. The van der Waals surface area contributed by atoms with E-state index in [0.29, 0.717) is 11.2 Å².